The number of pyridine rings is 1. The average Bonchev–Trinajstić information content (AvgIpc) is 3.02. The molecule has 2 aromatic heterocycles. The maximum Gasteiger partial charge on any atom is 0.253 e. The molecule has 0 bridgehead atoms. The Bertz CT molecular complexity index is 1230. The predicted molar refractivity (Wildman–Crippen MR) is 120 cm³/mol. The SMILES string of the molecule is Cc1nc2cnc3ccccc3c2n1[C@@H]1CCCN(C(=O)C2=CC(C(C)(C)C)=C2)C1. The third kappa shape index (κ3) is 3.04. The summed E-state index contributed by atoms with van der Waals surface area (Å²) in [6.07, 6.45) is 8.04. The van der Waals surface area contributed by atoms with E-state index in [2.05, 4.69) is 61.5 Å². The van der Waals surface area contributed by atoms with Gasteiger partial charge in [0.05, 0.1) is 23.3 Å². The number of aromatic nitrogens is 3. The number of hydrogen-bond donors (Lipinski definition) is 0. The number of fused-ring (bicyclic) bond motifs is 3. The number of para-hydroxylation sites is 1. The summed E-state index contributed by atoms with van der Waals surface area (Å²) in [5, 5.41) is 1.12. The van der Waals surface area contributed by atoms with E-state index < -0.39 is 0 Å². The van der Waals surface area contributed by atoms with Gasteiger partial charge in [-0.2, -0.15) is 0 Å². The fourth-order valence-corrected chi connectivity index (χ4v) is 4.70. The molecule has 1 fully saturated rings. The predicted octanol–water partition coefficient (Wildman–Crippen LogP) is 4.97. The second-order valence-electron chi connectivity index (χ2n) is 9.53. The molecule has 1 aliphatic heterocycles. The number of hydrogen-bond acceptors (Lipinski definition) is 3. The monoisotopic (exact) mass is 400 g/mol. The number of likely N-dealkylation sites (tertiary alicyclic amines) is 1. The molecule has 0 saturated carbocycles. The molecule has 1 atom stereocenters. The molecule has 0 radical (unpaired) electrons. The Labute approximate surface area is 177 Å². The highest BCUT2D eigenvalue weighted by Crippen LogP contribution is 2.36. The van der Waals surface area contributed by atoms with Gasteiger partial charge in [0, 0.05) is 24.0 Å². The van der Waals surface area contributed by atoms with Gasteiger partial charge in [-0.1, -0.05) is 39.0 Å². The third-order valence-corrected chi connectivity index (χ3v) is 6.38. The lowest BCUT2D eigenvalue weighted by Gasteiger charge is -2.36. The van der Waals surface area contributed by atoms with Gasteiger partial charge in [-0.05, 0) is 49.0 Å². The molecular weight excluding hydrogens is 372 g/mol. The number of amides is 1. The van der Waals surface area contributed by atoms with Crippen molar-refractivity contribution in [1.29, 1.82) is 0 Å². The van der Waals surface area contributed by atoms with E-state index in [-0.39, 0.29) is 17.4 Å². The Morgan fingerprint density at radius 2 is 1.90 bits per heavy atom. The standard InChI is InChI=1S/C25H28N4O/c1-16-27-22-14-26-21-10-6-5-9-20(21)23(22)29(16)19-8-7-11-28(15-19)24(30)17-12-18(13-17)25(2,3)4/h5-6,9-10,12-14,19H,7-8,11,15H2,1-4H3/t19-/m1/s1. The summed E-state index contributed by atoms with van der Waals surface area (Å²) >= 11 is 0. The first kappa shape index (κ1) is 19.0. The van der Waals surface area contributed by atoms with Gasteiger partial charge in [0.1, 0.15) is 11.3 Å². The van der Waals surface area contributed by atoms with Crippen LogP contribution in [0.2, 0.25) is 0 Å². The molecule has 5 nitrogen and oxygen atoms in total. The summed E-state index contributed by atoms with van der Waals surface area (Å²) in [6, 6.07) is 8.45. The van der Waals surface area contributed by atoms with Crippen molar-refractivity contribution in [3.05, 3.63) is 59.6 Å². The van der Waals surface area contributed by atoms with Crippen LogP contribution in [0, 0.1) is 12.3 Å². The van der Waals surface area contributed by atoms with Crippen molar-refractivity contribution in [3.8, 4) is 0 Å². The average molecular weight is 401 g/mol. The molecule has 3 heterocycles. The van der Waals surface area contributed by atoms with Crippen molar-refractivity contribution in [2.45, 2.75) is 46.6 Å². The summed E-state index contributed by atoms with van der Waals surface area (Å²) in [4.78, 5) is 24.5. The number of piperidine rings is 1. The first-order valence-corrected chi connectivity index (χ1v) is 10.8. The van der Waals surface area contributed by atoms with Crippen molar-refractivity contribution in [2.24, 2.45) is 5.41 Å². The zero-order chi connectivity index (χ0) is 21.0. The van der Waals surface area contributed by atoms with Crippen LogP contribution in [0.1, 0.15) is 45.5 Å². The van der Waals surface area contributed by atoms with Gasteiger partial charge in [0.15, 0.2) is 0 Å². The van der Waals surface area contributed by atoms with Crippen LogP contribution in [-0.4, -0.2) is 38.4 Å². The molecule has 0 spiro atoms. The van der Waals surface area contributed by atoms with Crippen LogP contribution in [0.15, 0.2) is 53.8 Å². The zero-order valence-electron chi connectivity index (χ0n) is 18.1. The van der Waals surface area contributed by atoms with Gasteiger partial charge in [-0.15, -0.1) is 0 Å². The summed E-state index contributed by atoms with van der Waals surface area (Å²) in [6.45, 7) is 10.1. The van der Waals surface area contributed by atoms with Crippen molar-refractivity contribution in [3.63, 3.8) is 0 Å². The number of allylic oxidation sites excluding steroid dienone is 2. The van der Waals surface area contributed by atoms with E-state index in [0.29, 0.717) is 0 Å². The Kier molecular flexibility index (Phi) is 4.31. The van der Waals surface area contributed by atoms with Gasteiger partial charge in [0.2, 0.25) is 0 Å². The molecule has 1 aliphatic carbocycles. The van der Waals surface area contributed by atoms with Gasteiger partial charge < -0.3 is 9.47 Å². The number of nitrogens with zero attached hydrogens (tertiary/aromatic N) is 4. The molecule has 1 aromatic carbocycles. The smallest absolute Gasteiger partial charge is 0.253 e. The van der Waals surface area contributed by atoms with Gasteiger partial charge in [-0.3, -0.25) is 9.78 Å². The minimum absolute atomic E-state index is 0.0934. The summed E-state index contributed by atoms with van der Waals surface area (Å²) in [5.41, 5.74) is 5.21. The zero-order valence-corrected chi connectivity index (χ0v) is 18.1. The molecule has 3 aromatic rings. The molecule has 30 heavy (non-hydrogen) atoms. The lowest BCUT2D eigenvalue weighted by Crippen LogP contribution is -2.42. The van der Waals surface area contributed by atoms with Crippen molar-refractivity contribution < 1.29 is 4.79 Å². The van der Waals surface area contributed by atoms with Crippen LogP contribution in [0.4, 0.5) is 0 Å². The minimum atomic E-state index is 0.0934. The lowest BCUT2D eigenvalue weighted by atomic mass is 9.79. The van der Waals surface area contributed by atoms with E-state index in [9.17, 15) is 4.79 Å². The van der Waals surface area contributed by atoms with Crippen molar-refractivity contribution >= 4 is 27.8 Å². The highest BCUT2D eigenvalue weighted by Gasteiger charge is 2.31. The van der Waals surface area contributed by atoms with Crippen LogP contribution in [0.25, 0.3) is 21.9 Å². The Balaban J connectivity index is 1.46. The topological polar surface area (TPSA) is 51.0 Å². The highest BCUT2D eigenvalue weighted by atomic mass is 16.2. The second kappa shape index (κ2) is 6.79. The molecular formula is C25H28N4O. The van der Waals surface area contributed by atoms with Gasteiger partial charge >= 0.3 is 0 Å². The minimum Gasteiger partial charge on any atom is -0.337 e. The van der Waals surface area contributed by atoms with E-state index in [4.69, 9.17) is 4.98 Å². The highest BCUT2D eigenvalue weighted by molar-refractivity contribution is 6.02. The molecule has 1 saturated heterocycles. The summed E-state index contributed by atoms with van der Waals surface area (Å²) < 4.78 is 2.34. The fraction of sp³-hybridized carbons (Fsp3) is 0.400. The van der Waals surface area contributed by atoms with Crippen LogP contribution < -0.4 is 0 Å². The first-order chi connectivity index (χ1) is 14.3. The van der Waals surface area contributed by atoms with Crippen LogP contribution in [0.3, 0.4) is 0 Å². The lowest BCUT2D eigenvalue weighted by molar-refractivity contribution is -0.128. The number of aryl methyl sites for hydroxylation is 1. The van der Waals surface area contributed by atoms with Crippen LogP contribution in [-0.2, 0) is 4.79 Å². The molecule has 1 amide bonds. The fourth-order valence-electron chi connectivity index (χ4n) is 4.70. The quantitative estimate of drug-likeness (QED) is 0.610. The maximum atomic E-state index is 13.1. The maximum absolute atomic E-state index is 13.1. The van der Waals surface area contributed by atoms with Crippen molar-refractivity contribution in [1.82, 2.24) is 19.4 Å². The third-order valence-electron chi connectivity index (χ3n) is 6.38. The van der Waals surface area contributed by atoms with E-state index in [1.165, 1.54) is 5.57 Å². The number of imidazole rings is 1. The van der Waals surface area contributed by atoms with E-state index in [0.717, 1.165) is 59.3 Å². The van der Waals surface area contributed by atoms with Gasteiger partial charge in [0.25, 0.3) is 5.91 Å². The Hall–Kier alpha value is -2.95. The number of carbonyl (C=O) groups excluding carboxylic acids is 1. The molecule has 2 aliphatic rings. The van der Waals surface area contributed by atoms with Gasteiger partial charge in [-0.25, -0.2) is 4.98 Å². The Morgan fingerprint density at radius 1 is 1.13 bits per heavy atom. The van der Waals surface area contributed by atoms with Crippen LogP contribution >= 0.6 is 0 Å². The summed E-state index contributed by atoms with van der Waals surface area (Å²) in [7, 11) is 0. The molecule has 5 rings (SSSR count). The van der Waals surface area contributed by atoms with E-state index in [1.54, 1.807) is 0 Å². The summed E-state index contributed by atoms with van der Waals surface area (Å²) in [5.74, 6) is 1.14. The normalized spacial score (nSPS) is 19.6. The number of rotatable bonds is 2. The Morgan fingerprint density at radius 3 is 2.67 bits per heavy atom. The second-order valence-corrected chi connectivity index (χ2v) is 9.53. The molecule has 0 unspecified atom stereocenters. The first-order valence-electron chi connectivity index (χ1n) is 10.8. The van der Waals surface area contributed by atoms with Crippen LogP contribution in [0.5, 0.6) is 0 Å². The number of carbonyl (C=O) groups is 1. The van der Waals surface area contributed by atoms with E-state index in [1.807, 2.05) is 23.2 Å². The molecule has 0 N–H and O–H groups in total. The molecule has 154 valence electrons. The largest absolute Gasteiger partial charge is 0.337 e. The number of benzene rings is 1. The van der Waals surface area contributed by atoms with E-state index >= 15 is 0 Å². The van der Waals surface area contributed by atoms with Crippen molar-refractivity contribution in [2.75, 3.05) is 13.1 Å². The molecule has 5 heteroatoms.